The summed E-state index contributed by atoms with van der Waals surface area (Å²) >= 11 is 6.10. The fraction of sp³-hybridized carbons (Fsp3) is 0.619. The number of carbonyl (C=O) groups excluding carboxylic acids is 2. The monoisotopic (exact) mass is 391 g/mol. The van der Waals surface area contributed by atoms with E-state index in [4.69, 9.17) is 11.6 Å². The number of piperazine rings is 1. The van der Waals surface area contributed by atoms with E-state index >= 15 is 0 Å². The van der Waals surface area contributed by atoms with Crippen LogP contribution in [0, 0.1) is 0 Å². The van der Waals surface area contributed by atoms with Crippen LogP contribution >= 0.6 is 11.6 Å². The zero-order valence-corrected chi connectivity index (χ0v) is 16.7. The van der Waals surface area contributed by atoms with E-state index in [2.05, 4.69) is 5.32 Å². The molecule has 2 fully saturated rings. The van der Waals surface area contributed by atoms with Gasteiger partial charge in [0.05, 0.1) is 0 Å². The van der Waals surface area contributed by atoms with Gasteiger partial charge in [-0.2, -0.15) is 0 Å². The van der Waals surface area contributed by atoms with Crippen LogP contribution < -0.4 is 5.32 Å². The number of nitrogens with one attached hydrogen (secondary N) is 1. The standard InChI is InChI=1S/C21H30ClN3O2/c22-18-7-5-6-17(16-18)21(27)25(19-8-3-1-2-4-9-19)13-10-20(26)24-14-11-23-12-15-24/h5-7,16,19,23H,1-4,8-15H2. The van der Waals surface area contributed by atoms with Crippen LogP contribution in [0.1, 0.15) is 55.3 Å². The van der Waals surface area contributed by atoms with Gasteiger partial charge >= 0.3 is 0 Å². The molecule has 5 nitrogen and oxygen atoms in total. The maximum Gasteiger partial charge on any atom is 0.254 e. The molecule has 1 aromatic carbocycles. The zero-order chi connectivity index (χ0) is 19.1. The third-order valence-corrected chi connectivity index (χ3v) is 5.87. The molecule has 1 heterocycles. The second-order valence-electron chi connectivity index (χ2n) is 7.54. The molecule has 0 spiro atoms. The molecule has 148 valence electrons. The van der Waals surface area contributed by atoms with Crippen molar-refractivity contribution in [2.24, 2.45) is 0 Å². The van der Waals surface area contributed by atoms with Gasteiger partial charge in [-0.1, -0.05) is 43.4 Å². The van der Waals surface area contributed by atoms with E-state index in [0.29, 0.717) is 23.6 Å². The van der Waals surface area contributed by atoms with Crippen LogP contribution in [0.4, 0.5) is 0 Å². The van der Waals surface area contributed by atoms with Crippen LogP contribution in [0.5, 0.6) is 0 Å². The average molecular weight is 392 g/mol. The average Bonchev–Trinajstić information content (AvgIpc) is 2.98. The molecule has 1 saturated heterocycles. The first kappa shape index (κ1) is 20.2. The van der Waals surface area contributed by atoms with Crippen molar-refractivity contribution in [2.75, 3.05) is 32.7 Å². The van der Waals surface area contributed by atoms with Crippen LogP contribution in [-0.4, -0.2) is 60.4 Å². The molecular weight excluding hydrogens is 362 g/mol. The molecule has 0 unspecified atom stereocenters. The first-order valence-corrected chi connectivity index (χ1v) is 10.6. The van der Waals surface area contributed by atoms with Crippen LogP contribution in [0.2, 0.25) is 5.02 Å². The smallest absolute Gasteiger partial charge is 0.254 e. The minimum Gasteiger partial charge on any atom is -0.340 e. The maximum atomic E-state index is 13.2. The van der Waals surface area contributed by atoms with Crippen molar-refractivity contribution in [2.45, 2.75) is 51.0 Å². The van der Waals surface area contributed by atoms with E-state index in [1.54, 1.807) is 12.1 Å². The fourth-order valence-electron chi connectivity index (χ4n) is 4.10. The second-order valence-corrected chi connectivity index (χ2v) is 7.97. The Morgan fingerprint density at radius 2 is 1.81 bits per heavy atom. The number of carbonyl (C=O) groups is 2. The number of amides is 2. The largest absolute Gasteiger partial charge is 0.340 e. The van der Waals surface area contributed by atoms with Gasteiger partial charge in [0.15, 0.2) is 0 Å². The van der Waals surface area contributed by atoms with E-state index < -0.39 is 0 Å². The first-order chi connectivity index (χ1) is 13.1. The lowest BCUT2D eigenvalue weighted by atomic mass is 10.0. The summed E-state index contributed by atoms with van der Waals surface area (Å²) in [5.41, 5.74) is 0.612. The van der Waals surface area contributed by atoms with Crippen molar-refractivity contribution in [3.63, 3.8) is 0 Å². The molecule has 1 aliphatic carbocycles. The minimum atomic E-state index is -0.00230. The van der Waals surface area contributed by atoms with E-state index in [9.17, 15) is 9.59 Å². The summed E-state index contributed by atoms with van der Waals surface area (Å²) < 4.78 is 0. The predicted octanol–water partition coefficient (Wildman–Crippen LogP) is 3.33. The highest BCUT2D eigenvalue weighted by molar-refractivity contribution is 6.30. The molecule has 3 rings (SSSR count). The van der Waals surface area contributed by atoms with Crippen molar-refractivity contribution in [3.05, 3.63) is 34.9 Å². The van der Waals surface area contributed by atoms with Crippen molar-refractivity contribution in [1.82, 2.24) is 15.1 Å². The molecule has 27 heavy (non-hydrogen) atoms. The third kappa shape index (κ3) is 5.69. The Bertz CT molecular complexity index is 638. The molecule has 1 aromatic rings. The summed E-state index contributed by atoms with van der Waals surface area (Å²) in [6.07, 6.45) is 7.20. The Morgan fingerprint density at radius 3 is 2.48 bits per heavy atom. The molecule has 2 amide bonds. The lowest BCUT2D eigenvalue weighted by Crippen LogP contribution is -2.48. The summed E-state index contributed by atoms with van der Waals surface area (Å²) in [4.78, 5) is 29.7. The van der Waals surface area contributed by atoms with E-state index in [1.165, 1.54) is 12.8 Å². The Kier molecular flexibility index (Phi) is 7.53. The highest BCUT2D eigenvalue weighted by Gasteiger charge is 2.27. The van der Waals surface area contributed by atoms with Gasteiger partial charge < -0.3 is 15.1 Å². The SMILES string of the molecule is O=C(CCN(C(=O)c1cccc(Cl)c1)C1CCCCCC1)N1CCNCC1. The number of nitrogens with zero attached hydrogens (tertiary/aromatic N) is 2. The predicted molar refractivity (Wildman–Crippen MR) is 108 cm³/mol. The van der Waals surface area contributed by atoms with Gasteiger partial charge in [0.1, 0.15) is 0 Å². The Labute approximate surface area is 167 Å². The third-order valence-electron chi connectivity index (χ3n) is 5.63. The molecule has 0 aromatic heterocycles. The highest BCUT2D eigenvalue weighted by Crippen LogP contribution is 2.24. The molecule has 0 radical (unpaired) electrons. The maximum absolute atomic E-state index is 13.2. The van der Waals surface area contributed by atoms with Crippen LogP contribution in [0.15, 0.2) is 24.3 Å². The molecule has 1 aliphatic heterocycles. The molecule has 6 heteroatoms. The van der Waals surface area contributed by atoms with Crippen LogP contribution in [0.25, 0.3) is 0 Å². The summed E-state index contributed by atoms with van der Waals surface area (Å²) in [7, 11) is 0. The van der Waals surface area contributed by atoms with E-state index in [1.807, 2.05) is 21.9 Å². The number of hydrogen-bond acceptors (Lipinski definition) is 3. The number of hydrogen-bond donors (Lipinski definition) is 1. The van der Waals surface area contributed by atoms with Gasteiger partial charge in [-0.05, 0) is 31.0 Å². The molecule has 0 atom stereocenters. The lowest BCUT2D eigenvalue weighted by Gasteiger charge is -2.33. The summed E-state index contributed by atoms with van der Waals surface area (Å²) in [5, 5.41) is 3.84. The Morgan fingerprint density at radius 1 is 1.11 bits per heavy atom. The topological polar surface area (TPSA) is 52.7 Å². The fourth-order valence-corrected chi connectivity index (χ4v) is 4.29. The van der Waals surface area contributed by atoms with Crippen molar-refractivity contribution < 1.29 is 9.59 Å². The molecule has 1 saturated carbocycles. The molecule has 1 N–H and O–H groups in total. The Balaban J connectivity index is 1.70. The van der Waals surface area contributed by atoms with Gasteiger partial charge in [0, 0.05) is 55.8 Å². The molecular formula is C21H30ClN3O2. The highest BCUT2D eigenvalue weighted by atomic mass is 35.5. The minimum absolute atomic E-state index is 0.00230. The van der Waals surface area contributed by atoms with Crippen molar-refractivity contribution >= 4 is 23.4 Å². The molecule has 2 aliphatic rings. The van der Waals surface area contributed by atoms with Crippen LogP contribution in [0.3, 0.4) is 0 Å². The summed E-state index contributed by atoms with van der Waals surface area (Å²) in [6.45, 7) is 3.69. The number of halogens is 1. The van der Waals surface area contributed by atoms with Crippen molar-refractivity contribution in [3.8, 4) is 0 Å². The summed E-state index contributed by atoms with van der Waals surface area (Å²) in [5.74, 6) is 0.145. The zero-order valence-electron chi connectivity index (χ0n) is 16.0. The van der Waals surface area contributed by atoms with Gasteiger partial charge in [0.2, 0.25) is 5.91 Å². The van der Waals surface area contributed by atoms with E-state index in [-0.39, 0.29) is 17.9 Å². The Hall–Kier alpha value is -1.59. The lowest BCUT2D eigenvalue weighted by molar-refractivity contribution is -0.132. The number of benzene rings is 1. The summed E-state index contributed by atoms with van der Waals surface area (Å²) in [6, 6.07) is 7.35. The normalized spacial score (nSPS) is 18.8. The molecule has 0 bridgehead atoms. The first-order valence-electron chi connectivity index (χ1n) is 10.2. The van der Waals surface area contributed by atoms with E-state index in [0.717, 1.165) is 51.9 Å². The quantitative estimate of drug-likeness (QED) is 0.783. The van der Waals surface area contributed by atoms with Gasteiger partial charge in [0.25, 0.3) is 5.91 Å². The van der Waals surface area contributed by atoms with Crippen LogP contribution in [-0.2, 0) is 4.79 Å². The van der Waals surface area contributed by atoms with Gasteiger partial charge in [-0.25, -0.2) is 0 Å². The van der Waals surface area contributed by atoms with Gasteiger partial charge in [-0.3, -0.25) is 9.59 Å². The second kappa shape index (κ2) is 10.1. The number of rotatable bonds is 5. The van der Waals surface area contributed by atoms with Gasteiger partial charge in [-0.15, -0.1) is 0 Å². The van der Waals surface area contributed by atoms with Crippen molar-refractivity contribution in [1.29, 1.82) is 0 Å².